The van der Waals surface area contributed by atoms with Crippen LogP contribution in [0.15, 0.2) is 0 Å². The number of hydrogen-bond donors (Lipinski definition) is 1. The quantitative estimate of drug-likeness (QED) is 0.422. The molecule has 4 aliphatic rings. The third kappa shape index (κ3) is 4.18. The molecule has 0 bridgehead atoms. The molecule has 0 aromatic carbocycles. The molecule has 1 heterocycles. The molecule has 8 heteroatoms. The molecule has 3 saturated carbocycles. The second kappa shape index (κ2) is 8.77. The Morgan fingerprint density at radius 1 is 1.12 bits per heavy atom. The maximum Gasteiger partial charge on any atom is 0.308 e. The van der Waals surface area contributed by atoms with Crippen LogP contribution in [0.5, 0.6) is 0 Å². The van der Waals surface area contributed by atoms with Crippen molar-refractivity contribution in [3.8, 4) is 0 Å². The van der Waals surface area contributed by atoms with Gasteiger partial charge in [0.05, 0.1) is 13.0 Å². The van der Waals surface area contributed by atoms with E-state index in [-0.39, 0.29) is 17.3 Å². The van der Waals surface area contributed by atoms with Crippen LogP contribution >= 0.6 is 34.8 Å². The Balaban J connectivity index is 1.41. The first-order valence-corrected chi connectivity index (χ1v) is 13.2. The van der Waals surface area contributed by atoms with Gasteiger partial charge in [0.1, 0.15) is 6.10 Å². The zero-order chi connectivity index (χ0) is 23.5. The number of hydrogen-bond acceptors (Lipinski definition) is 4. The van der Waals surface area contributed by atoms with Gasteiger partial charge in [0.25, 0.3) is 0 Å². The Morgan fingerprint density at radius 2 is 1.81 bits per heavy atom. The zero-order valence-corrected chi connectivity index (χ0v) is 21.6. The van der Waals surface area contributed by atoms with Crippen molar-refractivity contribution in [2.24, 2.45) is 34.5 Å². The first-order valence-electron chi connectivity index (χ1n) is 12.0. The number of aliphatic hydroxyl groups excluding tert-OH is 1. The molecule has 0 spiro atoms. The maximum atomic E-state index is 12.3. The molecule has 32 heavy (non-hydrogen) atoms. The standard InChI is InChI=1S/C24H36Cl3NO4/c1-22-10-8-17-15(5-7-18-23(17,2)11-9-20(30)28(18)3)16(22)6-4-14(22)13-32-21(31)12-19(29)24(25,26)27/h14-19,29H,4-13H2,1-3H3/t14?,15-,16-,17-,18+,19?,22+,23+/m0/s1. The summed E-state index contributed by atoms with van der Waals surface area (Å²) in [5.41, 5.74) is 0.375. The fraction of sp³-hybridized carbons (Fsp3) is 0.917. The molecule has 0 aromatic rings. The van der Waals surface area contributed by atoms with Gasteiger partial charge in [-0.2, -0.15) is 0 Å². The number of amides is 1. The monoisotopic (exact) mass is 507 g/mol. The van der Waals surface area contributed by atoms with Gasteiger partial charge in [0, 0.05) is 19.5 Å². The zero-order valence-electron chi connectivity index (χ0n) is 19.3. The molecular weight excluding hydrogens is 473 g/mol. The normalized spacial score (nSPS) is 42.7. The van der Waals surface area contributed by atoms with Gasteiger partial charge in [0.2, 0.25) is 9.70 Å². The highest BCUT2D eigenvalue weighted by molar-refractivity contribution is 6.68. The summed E-state index contributed by atoms with van der Waals surface area (Å²) in [6, 6.07) is 0.372. The van der Waals surface area contributed by atoms with Crippen molar-refractivity contribution in [2.45, 2.75) is 87.6 Å². The van der Waals surface area contributed by atoms with Gasteiger partial charge in [-0.25, -0.2) is 0 Å². The van der Waals surface area contributed by atoms with E-state index in [0.717, 1.165) is 25.7 Å². The number of alkyl halides is 3. The lowest BCUT2D eigenvalue weighted by Crippen LogP contribution is -2.61. The third-order valence-electron chi connectivity index (χ3n) is 9.94. The molecule has 1 saturated heterocycles. The van der Waals surface area contributed by atoms with E-state index in [1.807, 2.05) is 11.9 Å². The van der Waals surface area contributed by atoms with Crippen molar-refractivity contribution in [3.05, 3.63) is 0 Å². The molecule has 2 unspecified atom stereocenters. The maximum absolute atomic E-state index is 12.3. The lowest BCUT2D eigenvalue weighted by Gasteiger charge is -2.61. The number of piperidine rings is 1. The Hall–Kier alpha value is -0.230. The molecule has 3 aliphatic carbocycles. The van der Waals surface area contributed by atoms with E-state index in [4.69, 9.17) is 39.5 Å². The van der Waals surface area contributed by atoms with Gasteiger partial charge >= 0.3 is 5.97 Å². The van der Waals surface area contributed by atoms with E-state index >= 15 is 0 Å². The summed E-state index contributed by atoms with van der Waals surface area (Å²) in [6.45, 7) is 5.19. The van der Waals surface area contributed by atoms with Crippen LogP contribution < -0.4 is 0 Å². The van der Waals surface area contributed by atoms with E-state index in [1.165, 1.54) is 19.3 Å². The van der Waals surface area contributed by atoms with E-state index in [0.29, 0.717) is 48.6 Å². The van der Waals surface area contributed by atoms with Gasteiger partial charge in [-0.15, -0.1) is 0 Å². The highest BCUT2D eigenvalue weighted by Gasteiger charge is 2.61. The number of ether oxygens (including phenoxy) is 1. The van der Waals surface area contributed by atoms with Crippen molar-refractivity contribution in [1.82, 2.24) is 4.90 Å². The smallest absolute Gasteiger partial charge is 0.308 e. The van der Waals surface area contributed by atoms with Gasteiger partial charge in [-0.1, -0.05) is 48.7 Å². The number of fused-ring (bicyclic) bond motifs is 5. The second-order valence-corrected chi connectivity index (χ2v) is 13.6. The average molecular weight is 509 g/mol. The number of carbonyl (C=O) groups is 2. The van der Waals surface area contributed by atoms with Gasteiger partial charge < -0.3 is 14.7 Å². The molecule has 4 fully saturated rings. The van der Waals surface area contributed by atoms with Crippen LogP contribution in [-0.2, 0) is 14.3 Å². The number of rotatable bonds is 4. The first kappa shape index (κ1) is 24.9. The van der Waals surface area contributed by atoms with Crippen molar-refractivity contribution >= 4 is 46.7 Å². The summed E-state index contributed by atoms with van der Waals surface area (Å²) in [5, 5.41) is 9.85. The summed E-state index contributed by atoms with van der Waals surface area (Å²) in [7, 11) is 2.00. The number of halogens is 3. The summed E-state index contributed by atoms with van der Waals surface area (Å²) in [5.74, 6) is 2.08. The van der Waals surface area contributed by atoms with Crippen LogP contribution in [-0.4, -0.2) is 51.5 Å². The van der Waals surface area contributed by atoms with Gasteiger partial charge in [-0.05, 0) is 79.4 Å². The van der Waals surface area contributed by atoms with E-state index in [9.17, 15) is 14.7 Å². The van der Waals surface area contributed by atoms with Crippen molar-refractivity contribution in [2.75, 3.05) is 13.7 Å². The summed E-state index contributed by atoms with van der Waals surface area (Å²) in [4.78, 5) is 26.6. The van der Waals surface area contributed by atoms with E-state index in [2.05, 4.69) is 13.8 Å². The predicted octanol–water partition coefficient (Wildman–Crippen LogP) is 5.13. The highest BCUT2D eigenvalue weighted by Crippen LogP contribution is 2.66. The second-order valence-electron chi connectivity index (χ2n) is 11.2. The summed E-state index contributed by atoms with van der Waals surface area (Å²) < 4.78 is 3.66. The average Bonchev–Trinajstić information content (AvgIpc) is 3.05. The lowest BCUT2D eigenvalue weighted by atomic mass is 9.47. The number of esters is 1. The molecule has 5 nitrogen and oxygen atoms in total. The van der Waals surface area contributed by atoms with Crippen molar-refractivity contribution < 1.29 is 19.4 Å². The highest BCUT2D eigenvalue weighted by atomic mass is 35.6. The number of likely N-dealkylation sites (tertiary alicyclic amines) is 1. The van der Waals surface area contributed by atoms with Crippen LogP contribution in [0.2, 0.25) is 0 Å². The molecule has 1 aliphatic heterocycles. The SMILES string of the molecule is CN1C(=O)CC[C@]2(C)[C@H]3CC[C@]4(C)C(COC(=O)CC(O)C(Cl)(Cl)Cl)CC[C@H]4[C@@H]3CC[C@@H]12. The molecule has 1 amide bonds. The van der Waals surface area contributed by atoms with E-state index < -0.39 is 15.9 Å². The number of aliphatic hydroxyl groups is 1. The molecule has 4 rings (SSSR count). The molecule has 1 N–H and O–H groups in total. The first-order chi connectivity index (χ1) is 14.9. The van der Waals surface area contributed by atoms with E-state index in [1.54, 1.807) is 0 Å². The van der Waals surface area contributed by atoms with Gasteiger partial charge in [-0.3, -0.25) is 9.59 Å². The van der Waals surface area contributed by atoms with Crippen molar-refractivity contribution in [3.63, 3.8) is 0 Å². The Bertz CT molecular complexity index is 758. The third-order valence-corrected chi connectivity index (χ3v) is 10.7. The minimum Gasteiger partial charge on any atom is -0.465 e. The Morgan fingerprint density at radius 3 is 2.50 bits per heavy atom. The fourth-order valence-electron chi connectivity index (χ4n) is 8.06. The van der Waals surface area contributed by atoms with Crippen LogP contribution in [0.3, 0.4) is 0 Å². The molecule has 8 atom stereocenters. The summed E-state index contributed by atoms with van der Waals surface area (Å²) >= 11 is 17.0. The molecule has 0 radical (unpaired) electrons. The molecular formula is C24H36Cl3NO4. The number of nitrogens with zero attached hydrogens (tertiary/aromatic N) is 1. The van der Waals surface area contributed by atoms with Crippen LogP contribution in [0.25, 0.3) is 0 Å². The predicted molar refractivity (Wildman–Crippen MR) is 126 cm³/mol. The van der Waals surface area contributed by atoms with Gasteiger partial charge in [0.15, 0.2) is 0 Å². The molecule has 0 aromatic heterocycles. The lowest BCUT2D eigenvalue weighted by molar-refractivity contribution is -0.161. The molecule has 182 valence electrons. The van der Waals surface area contributed by atoms with Crippen LogP contribution in [0, 0.1) is 34.5 Å². The summed E-state index contributed by atoms with van der Waals surface area (Å²) in [6.07, 6.45) is 6.83. The topological polar surface area (TPSA) is 66.8 Å². The largest absolute Gasteiger partial charge is 0.465 e. The minimum absolute atomic E-state index is 0.162. The number of carbonyl (C=O) groups excluding carboxylic acids is 2. The Labute approximate surface area is 206 Å². The minimum atomic E-state index is -1.89. The van der Waals surface area contributed by atoms with Crippen LogP contribution in [0.4, 0.5) is 0 Å². The van der Waals surface area contributed by atoms with Crippen molar-refractivity contribution in [1.29, 1.82) is 0 Å². The van der Waals surface area contributed by atoms with Crippen LogP contribution in [0.1, 0.15) is 71.6 Å². The fourth-order valence-corrected chi connectivity index (χ4v) is 8.29. The Kier molecular flexibility index (Phi) is 6.82.